The van der Waals surface area contributed by atoms with Crippen molar-refractivity contribution in [2.24, 2.45) is 0 Å². The Balaban J connectivity index is 2.89. The van der Waals surface area contributed by atoms with E-state index in [4.69, 9.17) is 23.2 Å². The largest absolute Gasteiger partial charge is 0.224 e. The molecule has 1 aromatic carbocycles. The van der Waals surface area contributed by atoms with Crippen molar-refractivity contribution in [3.8, 4) is 0 Å². The van der Waals surface area contributed by atoms with Gasteiger partial charge in [0, 0.05) is 9.86 Å². The predicted molar refractivity (Wildman–Crippen MR) is 62.0 cm³/mol. The topological polar surface area (TPSA) is 25.8 Å². The van der Waals surface area contributed by atoms with Gasteiger partial charge in [-0.25, -0.2) is 9.97 Å². The molecular weight excluding hydrogens is 287 g/mol. The number of nitrogens with zero attached hydrogens (tertiary/aromatic N) is 2. The fourth-order valence-corrected chi connectivity index (χ4v) is 1.98. The van der Waals surface area contributed by atoms with E-state index < -0.39 is 0 Å². The highest BCUT2D eigenvalue weighted by Gasteiger charge is 2.06. The molecule has 0 spiro atoms. The van der Waals surface area contributed by atoms with Crippen molar-refractivity contribution in [2.45, 2.75) is 6.92 Å². The van der Waals surface area contributed by atoms with Crippen molar-refractivity contribution >= 4 is 50.0 Å². The zero-order valence-corrected chi connectivity index (χ0v) is 10.3. The second-order valence-corrected chi connectivity index (χ2v) is 4.45. The highest BCUT2D eigenvalue weighted by molar-refractivity contribution is 9.10. The van der Waals surface area contributed by atoms with Gasteiger partial charge in [0.15, 0.2) is 0 Å². The van der Waals surface area contributed by atoms with Crippen molar-refractivity contribution < 1.29 is 0 Å². The summed E-state index contributed by atoms with van der Waals surface area (Å²) in [6, 6.07) is 3.81. The highest BCUT2D eigenvalue weighted by Crippen LogP contribution is 2.27. The molecule has 1 heterocycles. The number of aryl methyl sites for hydroxylation is 1. The first kappa shape index (κ1) is 10.1. The molecule has 0 unspecified atom stereocenters. The van der Waals surface area contributed by atoms with E-state index in [2.05, 4.69) is 25.9 Å². The number of hydrogen-bond donors (Lipinski definition) is 0. The summed E-state index contributed by atoms with van der Waals surface area (Å²) >= 11 is 15.0. The van der Waals surface area contributed by atoms with Crippen LogP contribution >= 0.6 is 39.1 Å². The van der Waals surface area contributed by atoms with Gasteiger partial charge in [0.2, 0.25) is 5.28 Å². The first-order valence-corrected chi connectivity index (χ1v) is 5.42. The van der Waals surface area contributed by atoms with Gasteiger partial charge in [-0.2, -0.15) is 0 Å². The van der Waals surface area contributed by atoms with Crippen LogP contribution in [-0.2, 0) is 0 Å². The van der Waals surface area contributed by atoms with Crippen molar-refractivity contribution in [3.63, 3.8) is 0 Å². The SMILES string of the molecule is Cc1cc2c(Cl)nc(Cl)nc2cc1Br. The Morgan fingerprint density at radius 3 is 2.64 bits per heavy atom. The van der Waals surface area contributed by atoms with Gasteiger partial charge in [-0.15, -0.1) is 0 Å². The second-order valence-electron chi connectivity index (χ2n) is 2.90. The third-order valence-electron chi connectivity index (χ3n) is 1.90. The number of halogens is 3. The molecule has 0 N–H and O–H groups in total. The zero-order valence-electron chi connectivity index (χ0n) is 7.18. The molecule has 0 amide bonds. The molecule has 2 rings (SSSR count). The smallest absolute Gasteiger partial charge is 0.218 e. The van der Waals surface area contributed by atoms with Crippen molar-refractivity contribution in [1.82, 2.24) is 9.97 Å². The van der Waals surface area contributed by atoms with Crippen LogP contribution in [0, 0.1) is 6.92 Å². The average molecular weight is 292 g/mol. The van der Waals surface area contributed by atoms with Crippen molar-refractivity contribution in [2.75, 3.05) is 0 Å². The number of hydrogen-bond acceptors (Lipinski definition) is 2. The fourth-order valence-electron chi connectivity index (χ4n) is 1.19. The summed E-state index contributed by atoms with van der Waals surface area (Å²) in [7, 11) is 0. The lowest BCUT2D eigenvalue weighted by Crippen LogP contribution is -1.88. The van der Waals surface area contributed by atoms with Crippen LogP contribution in [0.25, 0.3) is 10.9 Å². The Bertz CT molecular complexity index is 514. The number of fused-ring (bicyclic) bond motifs is 1. The lowest BCUT2D eigenvalue weighted by Gasteiger charge is -2.03. The highest BCUT2D eigenvalue weighted by atomic mass is 79.9. The molecular formula is C9H5BrCl2N2. The van der Waals surface area contributed by atoms with Crippen LogP contribution in [-0.4, -0.2) is 9.97 Å². The van der Waals surface area contributed by atoms with Gasteiger partial charge in [0.25, 0.3) is 0 Å². The molecule has 72 valence electrons. The molecule has 2 aromatic rings. The van der Waals surface area contributed by atoms with Gasteiger partial charge in [0.1, 0.15) is 5.15 Å². The van der Waals surface area contributed by atoms with Crippen LogP contribution in [0.15, 0.2) is 16.6 Å². The van der Waals surface area contributed by atoms with E-state index in [9.17, 15) is 0 Å². The van der Waals surface area contributed by atoms with Gasteiger partial charge >= 0.3 is 0 Å². The summed E-state index contributed by atoms with van der Waals surface area (Å²) in [4.78, 5) is 7.96. The van der Waals surface area contributed by atoms with E-state index in [1.54, 1.807) is 0 Å². The third kappa shape index (κ3) is 1.72. The summed E-state index contributed by atoms with van der Waals surface area (Å²) in [6.45, 7) is 1.98. The predicted octanol–water partition coefficient (Wildman–Crippen LogP) is 4.01. The first-order chi connectivity index (χ1) is 6.58. The molecule has 0 atom stereocenters. The van der Waals surface area contributed by atoms with Gasteiger partial charge in [-0.3, -0.25) is 0 Å². The van der Waals surface area contributed by atoms with E-state index in [-0.39, 0.29) is 5.28 Å². The average Bonchev–Trinajstić information content (AvgIpc) is 2.08. The zero-order chi connectivity index (χ0) is 10.3. The van der Waals surface area contributed by atoms with Gasteiger partial charge in [0.05, 0.1) is 5.52 Å². The van der Waals surface area contributed by atoms with Gasteiger partial charge in [-0.1, -0.05) is 27.5 Å². The maximum Gasteiger partial charge on any atom is 0.224 e. The quantitative estimate of drug-likeness (QED) is 0.541. The minimum absolute atomic E-state index is 0.165. The van der Waals surface area contributed by atoms with E-state index in [1.165, 1.54) is 0 Å². The number of aromatic nitrogens is 2. The Labute approximate surface area is 99.4 Å². The fraction of sp³-hybridized carbons (Fsp3) is 0.111. The number of benzene rings is 1. The van der Waals surface area contributed by atoms with E-state index in [0.29, 0.717) is 5.15 Å². The summed E-state index contributed by atoms with van der Waals surface area (Å²) < 4.78 is 0.982. The summed E-state index contributed by atoms with van der Waals surface area (Å²) in [5, 5.41) is 1.37. The molecule has 0 aliphatic rings. The minimum Gasteiger partial charge on any atom is -0.218 e. The lowest BCUT2D eigenvalue weighted by atomic mass is 10.2. The minimum atomic E-state index is 0.165. The van der Waals surface area contributed by atoms with Crippen molar-refractivity contribution in [3.05, 3.63) is 32.6 Å². The van der Waals surface area contributed by atoms with Gasteiger partial charge in [-0.05, 0) is 36.2 Å². The summed E-state index contributed by atoms with van der Waals surface area (Å²) in [5.74, 6) is 0. The molecule has 1 aromatic heterocycles. The lowest BCUT2D eigenvalue weighted by molar-refractivity contribution is 1.22. The Hall–Kier alpha value is -0.380. The third-order valence-corrected chi connectivity index (χ3v) is 3.21. The van der Waals surface area contributed by atoms with Crippen LogP contribution < -0.4 is 0 Å². The van der Waals surface area contributed by atoms with Crippen LogP contribution in [0.1, 0.15) is 5.56 Å². The normalized spacial score (nSPS) is 10.9. The molecule has 0 fully saturated rings. The van der Waals surface area contributed by atoms with Crippen LogP contribution in [0.3, 0.4) is 0 Å². The van der Waals surface area contributed by atoms with Gasteiger partial charge < -0.3 is 0 Å². The molecule has 0 saturated heterocycles. The second kappa shape index (κ2) is 3.65. The van der Waals surface area contributed by atoms with E-state index in [0.717, 1.165) is 20.9 Å². The monoisotopic (exact) mass is 290 g/mol. The summed E-state index contributed by atoms with van der Waals surface area (Å²) in [6.07, 6.45) is 0. The molecule has 2 nitrogen and oxygen atoms in total. The maximum absolute atomic E-state index is 5.94. The molecule has 0 saturated carbocycles. The van der Waals surface area contributed by atoms with Crippen LogP contribution in [0.4, 0.5) is 0 Å². The van der Waals surface area contributed by atoms with E-state index >= 15 is 0 Å². The standard InChI is InChI=1S/C9H5BrCl2N2/c1-4-2-5-7(3-6(4)10)13-9(12)14-8(5)11/h2-3H,1H3. The van der Waals surface area contributed by atoms with Crippen LogP contribution in [0.5, 0.6) is 0 Å². The maximum atomic E-state index is 5.94. The number of rotatable bonds is 0. The van der Waals surface area contributed by atoms with Crippen LogP contribution in [0.2, 0.25) is 10.4 Å². The molecule has 0 bridgehead atoms. The molecule has 0 aliphatic heterocycles. The Morgan fingerprint density at radius 1 is 1.21 bits per heavy atom. The molecule has 14 heavy (non-hydrogen) atoms. The molecule has 5 heteroatoms. The van der Waals surface area contributed by atoms with Crippen molar-refractivity contribution in [1.29, 1.82) is 0 Å². The van der Waals surface area contributed by atoms with E-state index in [1.807, 2.05) is 19.1 Å². The Kier molecular flexibility index (Phi) is 2.64. The molecule has 0 radical (unpaired) electrons. The Morgan fingerprint density at radius 2 is 1.93 bits per heavy atom. The summed E-state index contributed by atoms with van der Waals surface area (Å²) in [5.41, 5.74) is 1.83. The first-order valence-electron chi connectivity index (χ1n) is 3.87. The molecule has 0 aliphatic carbocycles.